The van der Waals surface area contributed by atoms with E-state index in [2.05, 4.69) is 14.0 Å². The average molecular weight is 192 g/mol. The summed E-state index contributed by atoms with van der Waals surface area (Å²) < 4.78 is 1.36. The number of halogens is 1. The third-order valence-electron chi connectivity index (χ3n) is 2.95. The summed E-state index contributed by atoms with van der Waals surface area (Å²) in [6.45, 7) is 6.56. The summed E-state index contributed by atoms with van der Waals surface area (Å²) in [7, 11) is 2.43. The van der Waals surface area contributed by atoms with Crippen molar-refractivity contribution in [2.24, 2.45) is 0 Å². The largest absolute Gasteiger partial charge is 1.00 e. The van der Waals surface area contributed by atoms with E-state index in [4.69, 9.17) is 0 Å². The number of hydrogen-bond donors (Lipinski definition) is 0. The standard InChI is InChI=1S/C10H22N.ClH/c1-3-4-8-11(2)9-6-5-7-10-11;/h3-10H2,1-2H3;1H/q+1;/p-1. The molecule has 0 saturated carbocycles. The van der Waals surface area contributed by atoms with Gasteiger partial charge in [0.25, 0.3) is 0 Å². The van der Waals surface area contributed by atoms with Gasteiger partial charge in [-0.15, -0.1) is 0 Å². The zero-order valence-electron chi connectivity index (χ0n) is 8.48. The zero-order valence-corrected chi connectivity index (χ0v) is 9.24. The molecule has 0 spiro atoms. The molecule has 0 radical (unpaired) electrons. The molecule has 0 bridgehead atoms. The third-order valence-corrected chi connectivity index (χ3v) is 2.95. The second-order valence-electron chi connectivity index (χ2n) is 4.20. The van der Waals surface area contributed by atoms with Gasteiger partial charge in [0.1, 0.15) is 0 Å². The summed E-state index contributed by atoms with van der Waals surface area (Å²) in [5, 5.41) is 0. The van der Waals surface area contributed by atoms with Gasteiger partial charge in [-0.1, -0.05) is 13.3 Å². The van der Waals surface area contributed by atoms with Crippen molar-refractivity contribution >= 4 is 0 Å². The van der Waals surface area contributed by atoms with Gasteiger partial charge in [-0.25, -0.2) is 0 Å². The number of piperidine rings is 1. The maximum Gasteiger partial charge on any atom is 0.0784 e. The van der Waals surface area contributed by atoms with Crippen LogP contribution in [0.2, 0.25) is 0 Å². The number of likely N-dealkylation sites (tertiary alicyclic amines) is 1. The van der Waals surface area contributed by atoms with Crippen LogP contribution in [0, 0.1) is 0 Å². The van der Waals surface area contributed by atoms with Crippen LogP contribution < -0.4 is 12.4 Å². The van der Waals surface area contributed by atoms with Crippen molar-refractivity contribution in [3.63, 3.8) is 0 Å². The van der Waals surface area contributed by atoms with E-state index < -0.39 is 0 Å². The molecule has 0 N–H and O–H groups in total. The van der Waals surface area contributed by atoms with Crippen LogP contribution in [0.15, 0.2) is 0 Å². The topological polar surface area (TPSA) is 0 Å². The molecule has 0 aromatic carbocycles. The van der Waals surface area contributed by atoms with Gasteiger partial charge in [-0.3, -0.25) is 0 Å². The molecule has 1 aliphatic rings. The Morgan fingerprint density at radius 3 is 2.17 bits per heavy atom. The fraction of sp³-hybridized carbons (Fsp3) is 1.00. The van der Waals surface area contributed by atoms with Crippen LogP contribution in [0.5, 0.6) is 0 Å². The van der Waals surface area contributed by atoms with Crippen molar-refractivity contribution in [3.8, 4) is 0 Å². The minimum absolute atomic E-state index is 0. The van der Waals surface area contributed by atoms with Crippen LogP contribution in [-0.2, 0) is 0 Å². The number of nitrogens with zero attached hydrogens (tertiary/aromatic N) is 1. The number of rotatable bonds is 3. The molecule has 0 aromatic rings. The van der Waals surface area contributed by atoms with Crippen LogP contribution >= 0.6 is 0 Å². The van der Waals surface area contributed by atoms with E-state index in [9.17, 15) is 0 Å². The molecule has 1 fully saturated rings. The van der Waals surface area contributed by atoms with E-state index >= 15 is 0 Å². The van der Waals surface area contributed by atoms with Gasteiger partial charge in [0.2, 0.25) is 0 Å². The molecule has 1 heterocycles. The van der Waals surface area contributed by atoms with E-state index in [0.29, 0.717) is 0 Å². The van der Waals surface area contributed by atoms with Crippen molar-refractivity contribution in [2.45, 2.75) is 39.0 Å². The lowest BCUT2D eigenvalue weighted by Gasteiger charge is -2.37. The third kappa shape index (κ3) is 3.77. The predicted octanol–water partition coefficient (Wildman–Crippen LogP) is -0.579. The molecule has 0 atom stereocenters. The minimum atomic E-state index is 0. The summed E-state index contributed by atoms with van der Waals surface area (Å²) in [6, 6.07) is 0. The second kappa shape index (κ2) is 5.82. The number of hydrogen-bond acceptors (Lipinski definition) is 0. The Hall–Kier alpha value is 0.250. The van der Waals surface area contributed by atoms with Crippen molar-refractivity contribution in [2.75, 3.05) is 26.7 Å². The van der Waals surface area contributed by atoms with Crippen molar-refractivity contribution in [3.05, 3.63) is 0 Å². The normalized spacial score (nSPS) is 21.5. The molecule has 1 saturated heterocycles. The van der Waals surface area contributed by atoms with E-state index in [-0.39, 0.29) is 12.4 Å². The lowest BCUT2D eigenvalue weighted by atomic mass is 10.1. The fourth-order valence-electron chi connectivity index (χ4n) is 2.04. The Labute approximate surface area is 83.1 Å². The Kier molecular flexibility index (Phi) is 5.94. The van der Waals surface area contributed by atoms with Gasteiger partial charge >= 0.3 is 0 Å². The first kappa shape index (κ1) is 12.2. The molecule has 74 valence electrons. The van der Waals surface area contributed by atoms with Gasteiger partial charge in [0, 0.05) is 0 Å². The number of unbranched alkanes of at least 4 members (excludes halogenated alkanes) is 1. The monoisotopic (exact) mass is 191 g/mol. The molecule has 1 nitrogen and oxygen atoms in total. The van der Waals surface area contributed by atoms with Gasteiger partial charge in [-0.05, 0) is 25.7 Å². The Morgan fingerprint density at radius 1 is 1.08 bits per heavy atom. The SMILES string of the molecule is CCCC[N+]1(C)CCCCC1.[Cl-]. The molecule has 0 aromatic heterocycles. The number of quaternary nitrogens is 1. The first-order valence-corrected chi connectivity index (χ1v) is 5.10. The van der Waals surface area contributed by atoms with E-state index in [1.54, 1.807) is 0 Å². The highest BCUT2D eigenvalue weighted by Crippen LogP contribution is 2.16. The minimum Gasteiger partial charge on any atom is -1.00 e. The highest BCUT2D eigenvalue weighted by molar-refractivity contribution is 4.51. The van der Waals surface area contributed by atoms with E-state index in [1.807, 2.05) is 0 Å². The molecule has 2 heteroatoms. The summed E-state index contributed by atoms with van der Waals surface area (Å²) in [5.41, 5.74) is 0. The highest BCUT2D eigenvalue weighted by Gasteiger charge is 2.23. The summed E-state index contributed by atoms with van der Waals surface area (Å²) >= 11 is 0. The molecule has 0 aliphatic carbocycles. The van der Waals surface area contributed by atoms with Gasteiger partial charge in [0.15, 0.2) is 0 Å². The van der Waals surface area contributed by atoms with Crippen LogP contribution in [0.4, 0.5) is 0 Å². The molecular formula is C10H22ClN. The first-order chi connectivity index (χ1) is 5.27. The van der Waals surface area contributed by atoms with Crippen molar-refractivity contribution < 1.29 is 16.9 Å². The maximum absolute atomic E-state index is 2.43. The lowest BCUT2D eigenvalue weighted by Crippen LogP contribution is -3.00. The van der Waals surface area contributed by atoms with Crippen LogP contribution in [0.1, 0.15) is 39.0 Å². The van der Waals surface area contributed by atoms with Crippen LogP contribution in [-0.4, -0.2) is 31.2 Å². The lowest BCUT2D eigenvalue weighted by molar-refractivity contribution is -0.914. The Bertz CT molecular complexity index is 108. The summed E-state index contributed by atoms with van der Waals surface area (Å²) in [4.78, 5) is 0. The van der Waals surface area contributed by atoms with Crippen LogP contribution in [0.3, 0.4) is 0 Å². The molecule has 12 heavy (non-hydrogen) atoms. The second-order valence-corrected chi connectivity index (χ2v) is 4.20. The van der Waals surface area contributed by atoms with Crippen molar-refractivity contribution in [1.29, 1.82) is 0 Å². The summed E-state index contributed by atoms with van der Waals surface area (Å²) in [5.74, 6) is 0. The first-order valence-electron chi connectivity index (χ1n) is 5.10. The molecule has 1 aliphatic heterocycles. The Balaban J connectivity index is 0.00000121. The van der Waals surface area contributed by atoms with E-state index in [0.717, 1.165) is 0 Å². The van der Waals surface area contributed by atoms with Gasteiger partial charge in [-0.2, -0.15) is 0 Å². The highest BCUT2D eigenvalue weighted by atomic mass is 35.5. The molecule has 0 amide bonds. The van der Waals surface area contributed by atoms with E-state index in [1.165, 1.54) is 56.2 Å². The quantitative estimate of drug-likeness (QED) is 0.524. The molecule has 1 rings (SSSR count). The fourth-order valence-corrected chi connectivity index (χ4v) is 2.04. The summed E-state index contributed by atoms with van der Waals surface area (Å²) in [6.07, 6.45) is 7.16. The molecular weight excluding hydrogens is 170 g/mol. The Morgan fingerprint density at radius 2 is 1.67 bits per heavy atom. The predicted molar refractivity (Wildman–Crippen MR) is 49.5 cm³/mol. The van der Waals surface area contributed by atoms with Crippen LogP contribution in [0.25, 0.3) is 0 Å². The molecule has 0 unspecified atom stereocenters. The maximum atomic E-state index is 2.43. The van der Waals surface area contributed by atoms with Crippen molar-refractivity contribution in [1.82, 2.24) is 0 Å². The average Bonchev–Trinajstić information content (AvgIpc) is 2.03. The zero-order chi connectivity index (χ0) is 8.16. The smallest absolute Gasteiger partial charge is 0.0784 e. The van der Waals surface area contributed by atoms with Gasteiger partial charge < -0.3 is 16.9 Å². The van der Waals surface area contributed by atoms with Gasteiger partial charge in [0.05, 0.1) is 26.7 Å².